The van der Waals surface area contributed by atoms with Crippen molar-refractivity contribution in [2.24, 2.45) is 5.92 Å². The van der Waals surface area contributed by atoms with Crippen LogP contribution in [-0.4, -0.2) is 56.4 Å². The third-order valence-electron chi connectivity index (χ3n) is 5.06. The summed E-state index contributed by atoms with van der Waals surface area (Å²) in [6.45, 7) is 5.66. The molecule has 0 atom stereocenters. The summed E-state index contributed by atoms with van der Waals surface area (Å²) in [4.78, 5) is 14.1. The summed E-state index contributed by atoms with van der Waals surface area (Å²) in [5.41, 5.74) is 0. The Morgan fingerprint density at radius 2 is 1.77 bits per heavy atom. The summed E-state index contributed by atoms with van der Waals surface area (Å²) in [6.07, 6.45) is 5.80. The number of hydrogen-bond acceptors (Lipinski definition) is 4. The normalized spacial score (nSPS) is 21.4. The first-order valence-corrected chi connectivity index (χ1v) is 10.4. The van der Waals surface area contributed by atoms with E-state index in [1.54, 1.807) is 0 Å². The highest BCUT2D eigenvalue weighted by atomic mass is 32.2. The first-order chi connectivity index (χ1) is 10.5. The molecular formula is C16H30N2O3S. The van der Waals surface area contributed by atoms with Crippen LogP contribution in [0.5, 0.6) is 0 Å². The van der Waals surface area contributed by atoms with E-state index in [9.17, 15) is 13.2 Å². The molecule has 0 spiro atoms. The highest BCUT2D eigenvalue weighted by Gasteiger charge is 2.30. The Morgan fingerprint density at radius 3 is 2.36 bits per heavy atom. The summed E-state index contributed by atoms with van der Waals surface area (Å²) in [5.74, 6) is 0.697. The van der Waals surface area contributed by atoms with Crippen LogP contribution < -0.4 is 5.32 Å². The lowest BCUT2D eigenvalue weighted by atomic mass is 9.96. The van der Waals surface area contributed by atoms with E-state index in [1.807, 2.05) is 4.90 Å². The van der Waals surface area contributed by atoms with E-state index in [0.717, 1.165) is 64.7 Å². The highest BCUT2D eigenvalue weighted by Crippen LogP contribution is 2.26. The van der Waals surface area contributed by atoms with Crippen LogP contribution in [0, 0.1) is 5.92 Å². The van der Waals surface area contributed by atoms with Crippen molar-refractivity contribution in [3.63, 3.8) is 0 Å². The van der Waals surface area contributed by atoms with E-state index in [-0.39, 0.29) is 23.3 Å². The second-order valence-electron chi connectivity index (χ2n) is 6.66. The molecule has 2 rings (SSSR count). The monoisotopic (exact) mass is 330 g/mol. The lowest BCUT2D eigenvalue weighted by Crippen LogP contribution is -2.41. The van der Waals surface area contributed by atoms with Crippen molar-refractivity contribution in [2.45, 2.75) is 57.1 Å². The Hall–Kier alpha value is -0.620. The molecule has 1 saturated carbocycles. The van der Waals surface area contributed by atoms with Crippen LogP contribution in [-0.2, 0) is 14.6 Å². The number of nitrogens with one attached hydrogen (secondary N) is 1. The summed E-state index contributed by atoms with van der Waals surface area (Å²) in [5, 5.41) is 3.17. The molecule has 1 amide bonds. The Balaban J connectivity index is 1.72. The van der Waals surface area contributed by atoms with Gasteiger partial charge in [0.2, 0.25) is 5.91 Å². The van der Waals surface area contributed by atoms with Gasteiger partial charge in [-0.3, -0.25) is 4.79 Å². The fourth-order valence-corrected chi connectivity index (χ4v) is 5.38. The summed E-state index contributed by atoms with van der Waals surface area (Å²) in [7, 11) is -3.07. The summed E-state index contributed by atoms with van der Waals surface area (Å²) in [6, 6.07) is 0. The van der Waals surface area contributed by atoms with E-state index in [1.165, 1.54) is 0 Å². The molecule has 1 N–H and O–H groups in total. The molecule has 0 radical (unpaired) electrons. The predicted molar refractivity (Wildman–Crippen MR) is 88.5 cm³/mol. The predicted octanol–water partition coefficient (Wildman–Crippen LogP) is 1.58. The molecule has 0 aromatic heterocycles. The maximum atomic E-state index is 12.2. The van der Waals surface area contributed by atoms with Crippen molar-refractivity contribution < 1.29 is 13.2 Å². The second-order valence-corrected chi connectivity index (χ2v) is 9.06. The van der Waals surface area contributed by atoms with Crippen molar-refractivity contribution in [1.82, 2.24) is 10.2 Å². The van der Waals surface area contributed by atoms with Gasteiger partial charge in [-0.25, -0.2) is 8.42 Å². The van der Waals surface area contributed by atoms with Crippen molar-refractivity contribution in [2.75, 3.05) is 31.9 Å². The fourth-order valence-electron chi connectivity index (χ4n) is 3.54. The SMILES string of the molecule is CCNCC1CCN(C(=O)CCS(=O)(=O)C2CCCC2)CC1. The quantitative estimate of drug-likeness (QED) is 0.770. The van der Waals surface area contributed by atoms with Crippen LogP contribution in [0.4, 0.5) is 0 Å². The molecule has 1 aliphatic carbocycles. The Morgan fingerprint density at radius 1 is 1.14 bits per heavy atom. The van der Waals surface area contributed by atoms with Crippen molar-refractivity contribution in [3.05, 3.63) is 0 Å². The number of amides is 1. The molecule has 22 heavy (non-hydrogen) atoms. The average Bonchev–Trinajstić information content (AvgIpc) is 3.06. The number of likely N-dealkylation sites (tertiary alicyclic amines) is 1. The number of sulfone groups is 1. The lowest BCUT2D eigenvalue weighted by molar-refractivity contribution is -0.132. The number of carbonyl (C=O) groups excluding carboxylic acids is 1. The number of piperidine rings is 1. The van der Waals surface area contributed by atoms with Gasteiger partial charge in [0.1, 0.15) is 0 Å². The first-order valence-electron chi connectivity index (χ1n) is 8.73. The molecule has 2 fully saturated rings. The first kappa shape index (κ1) is 17.7. The van der Waals surface area contributed by atoms with Crippen LogP contribution >= 0.6 is 0 Å². The largest absolute Gasteiger partial charge is 0.343 e. The Kier molecular flexibility index (Phi) is 6.68. The minimum atomic E-state index is -3.07. The third-order valence-corrected chi connectivity index (χ3v) is 7.32. The molecule has 0 aromatic carbocycles. The smallest absolute Gasteiger partial charge is 0.223 e. The van der Waals surface area contributed by atoms with Crippen LogP contribution in [0.3, 0.4) is 0 Å². The summed E-state index contributed by atoms with van der Waals surface area (Å²) < 4.78 is 24.4. The Labute approximate surface area is 134 Å². The van der Waals surface area contributed by atoms with Crippen LogP contribution in [0.25, 0.3) is 0 Å². The van der Waals surface area contributed by atoms with Gasteiger partial charge in [-0.2, -0.15) is 0 Å². The maximum Gasteiger partial charge on any atom is 0.223 e. The van der Waals surface area contributed by atoms with E-state index in [0.29, 0.717) is 5.92 Å². The average molecular weight is 330 g/mol. The standard InChI is InChI=1S/C16H30N2O3S/c1-2-17-13-14-7-10-18(11-8-14)16(19)9-12-22(20,21)15-5-3-4-6-15/h14-15,17H,2-13H2,1H3. The van der Waals surface area contributed by atoms with Gasteiger partial charge in [-0.05, 0) is 44.7 Å². The maximum absolute atomic E-state index is 12.2. The topological polar surface area (TPSA) is 66.5 Å². The fraction of sp³-hybridized carbons (Fsp3) is 0.938. The van der Waals surface area contributed by atoms with Gasteiger partial charge in [0, 0.05) is 19.5 Å². The molecule has 6 heteroatoms. The lowest BCUT2D eigenvalue weighted by Gasteiger charge is -2.32. The third kappa shape index (κ3) is 4.95. The molecule has 2 aliphatic rings. The van der Waals surface area contributed by atoms with Crippen LogP contribution in [0.1, 0.15) is 51.9 Å². The second kappa shape index (κ2) is 8.29. The molecule has 5 nitrogen and oxygen atoms in total. The number of carbonyl (C=O) groups is 1. The van der Waals surface area contributed by atoms with Crippen molar-refractivity contribution in [3.8, 4) is 0 Å². The minimum absolute atomic E-state index is 0.0171. The van der Waals surface area contributed by atoms with Gasteiger partial charge in [0.25, 0.3) is 0 Å². The van der Waals surface area contributed by atoms with Crippen molar-refractivity contribution >= 4 is 15.7 Å². The molecule has 0 aromatic rings. The summed E-state index contributed by atoms with van der Waals surface area (Å²) >= 11 is 0. The van der Waals surface area contributed by atoms with Gasteiger partial charge in [-0.1, -0.05) is 19.8 Å². The molecule has 1 aliphatic heterocycles. The number of rotatable bonds is 7. The molecule has 0 bridgehead atoms. The van der Waals surface area contributed by atoms with Gasteiger partial charge >= 0.3 is 0 Å². The van der Waals surface area contributed by atoms with Crippen LogP contribution in [0.2, 0.25) is 0 Å². The Bertz CT molecular complexity index is 450. The van der Waals surface area contributed by atoms with E-state index < -0.39 is 9.84 Å². The van der Waals surface area contributed by atoms with Gasteiger partial charge in [0.15, 0.2) is 9.84 Å². The van der Waals surface area contributed by atoms with E-state index >= 15 is 0 Å². The van der Waals surface area contributed by atoms with Crippen molar-refractivity contribution in [1.29, 1.82) is 0 Å². The van der Waals surface area contributed by atoms with Gasteiger partial charge in [0.05, 0.1) is 11.0 Å². The van der Waals surface area contributed by atoms with Crippen LogP contribution in [0.15, 0.2) is 0 Å². The zero-order valence-corrected chi connectivity index (χ0v) is 14.5. The number of hydrogen-bond donors (Lipinski definition) is 1. The highest BCUT2D eigenvalue weighted by molar-refractivity contribution is 7.92. The molecule has 1 heterocycles. The van der Waals surface area contributed by atoms with Gasteiger partial charge < -0.3 is 10.2 Å². The van der Waals surface area contributed by atoms with E-state index in [4.69, 9.17) is 0 Å². The minimum Gasteiger partial charge on any atom is -0.343 e. The number of nitrogens with zero attached hydrogens (tertiary/aromatic N) is 1. The molecule has 128 valence electrons. The molecular weight excluding hydrogens is 300 g/mol. The van der Waals surface area contributed by atoms with E-state index in [2.05, 4.69) is 12.2 Å². The zero-order chi connectivity index (χ0) is 16.0. The molecule has 1 saturated heterocycles. The van der Waals surface area contributed by atoms with Gasteiger partial charge in [-0.15, -0.1) is 0 Å². The molecule has 0 unspecified atom stereocenters. The zero-order valence-electron chi connectivity index (χ0n) is 13.7.